The number of anilines is 1. The molecule has 0 amide bonds. The van der Waals surface area contributed by atoms with Gasteiger partial charge in [-0.15, -0.1) is 11.8 Å². The van der Waals surface area contributed by atoms with E-state index in [1.807, 2.05) is 49.4 Å². The van der Waals surface area contributed by atoms with E-state index in [1.165, 1.54) is 5.56 Å². The van der Waals surface area contributed by atoms with Crippen LogP contribution in [0.1, 0.15) is 18.5 Å². The molecule has 2 aromatic carbocycles. The Labute approximate surface area is 146 Å². The summed E-state index contributed by atoms with van der Waals surface area (Å²) in [4.78, 5) is 14.6. The molecule has 3 rings (SSSR count). The van der Waals surface area contributed by atoms with Crippen LogP contribution in [0.4, 0.5) is 5.69 Å². The summed E-state index contributed by atoms with van der Waals surface area (Å²) in [6.45, 7) is 2.23. The number of ether oxygens (including phenoxy) is 2. The average molecular weight is 343 g/mol. The molecule has 126 valence electrons. The lowest BCUT2D eigenvalue weighted by Gasteiger charge is -2.30. The lowest BCUT2D eigenvalue weighted by atomic mass is 10.1. The number of rotatable bonds is 5. The van der Waals surface area contributed by atoms with Crippen molar-refractivity contribution in [1.82, 2.24) is 0 Å². The van der Waals surface area contributed by atoms with Crippen LogP contribution in [0.2, 0.25) is 0 Å². The lowest BCUT2D eigenvalue weighted by Crippen LogP contribution is -2.37. The number of nitrogens with zero attached hydrogens (tertiary/aromatic N) is 1. The molecule has 1 heterocycles. The predicted molar refractivity (Wildman–Crippen MR) is 97.5 cm³/mol. The Morgan fingerprint density at radius 2 is 1.88 bits per heavy atom. The van der Waals surface area contributed by atoms with Gasteiger partial charge in [-0.2, -0.15) is 0 Å². The van der Waals surface area contributed by atoms with Gasteiger partial charge in [-0.25, -0.2) is 4.79 Å². The Morgan fingerprint density at radius 3 is 2.50 bits per heavy atom. The van der Waals surface area contributed by atoms with Crippen molar-refractivity contribution in [3.05, 3.63) is 60.2 Å². The molecule has 1 saturated heterocycles. The van der Waals surface area contributed by atoms with E-state index in [9.17, 15) is 4.79 Å². The largest absolute Gasteiger partial charge is 0.497 e. The van der Waals surface area contributed by atoms with Crippen LogP contribution >= 0.6 is 11.8 Å². The summed E-state index contributed by atoms with van der Waals surface area (Å²) < 4.78 is 10.5. The van der Waals surface area contributed by atoms with E-state index in [2.05, 4.69) is 17.0 Å². The smallest absolute Gasteiger partial charge is 0.339 e. The lowest BCUT2D eigenvalue weighted by molar-refractivity contribution is -0.142. The Kier molecular flexibility index (Phi) is 5.30. The summed E-state index contributed by atoms with van der Waals surface area (Å²) in [5, 5.41) is -0.330. The Bertz CT molecular complexity index is 675. The van der Waals surface area contributed by atoms with Crippen LogP contribution in [0.25, 0.3) is 0 Å². The van der Waals surface area contributed by atoms with Crippen LogP contribution < -0.4 is 9.64 Å². The fraction of sp³-hybridized carbons (Fsp3) is 0.316. The zero-order valence-electron chi connectivity index (χ0n) is 13.8. The fourth-order valence-electron chi connectivity index (χ4n) is 2.90. The number of carbonyl (C=O) groups is 1. The minimum absolute atomic E-state index is 0.138. The van der Waals surface area contributed by atoms with Crippen LogP contribution in [0.5, 0.6) is 5.75 Å². The number of thioether (sulfide) groups is 1. The van der Waals surface area contributed by atoms with Crippen molar-refractivity contribution in [2.24, 2.45) is 0 Å². The Hall–Kier alpha value is -2.14. The van der Waals surface area contributed by atoms with Crippen LogP contribution in [0.15, 0.2) is 54.6 Å². The second-order valence-electron chi connectivity index (χ2n) is 5.47. The second-order valence-corrected chi connectivity index (χ2v) is 6.58. The number of benzene rings is 2. The van der Waals surface area contributed by atoms with E-state index >= 15 is 0 Å². The topological polar surface area (TPSA) is 38.8 Å². The van der Waals surface area contributed by atoms with Crippen molar-refractivity contribution in [2.45, 2.75) is 18.3 Å². The molecule has 0 N–H and O–H groups in total. The first-order chi connectivity index (χ1) is 11.7. The third kappa shape index (κ3) is 3.36. The van der Waals surface area contributed by atoms with Crippen LogP contribution in [0.3, 0.4) is 0 Å². The highest BCUT2D eigenvalue weighted by molar-refractivity contribution is 8.01. The van der Waals surface area contributed by atoms with Crippen molar-refractivity contribution in [1.29, 1.82) is 0 Å². The molecule has 2 unspecified atom stereocenters. The molecule has 0 radical (unpaired) electrons. The fourth-order valence-corrected chi connectivity index (χ4v) is 4.25. The van der Waals surface area contributed by atoms with Gasteiger partial charge >= 0.3 is 5.97 Å². The van der Waals surface area contributed by atoms with Crippen molar-refractivity contribution in [3.8, 4) is 5.75 Å². The van der Waals surface area contributed by atoms with E-state index in [-0.39, 0.29) is 17.4 Å². The zero-order valence-corrected chi connectivity index (χ0v) is 14.7. The quantitative estimate of drug-likeness (QED) is 0.771. The Balaban J connectivity index is 1.95. The van der Waals surface area contributed by atoms with Gasteiger partial charge in [0.1, 0.15) is 5.75 Å². The summed E-state index contributed by atoms with van der Waals surface area (Å²) >= 11 is 1.63. The van der Waals surface area contributed by atoms with Crippen molar-refractivity contribution in [3.63, 3.8) is 0 Å². The van der Waals surface area contributed by atoms with E-state index in [4.69, 9.17) is 9.47 Å². The maximum Gasteiger partial charge on any atom is 0.339 e. The highest BCUT2D eigenvalue weighted by Gasteiger charge is 2.40. The maximum absolute atomic E-state index is 12.4. The van der Waals surface area contributed by atoms with Gasteiger partial charge in [0.15, 0.2) is 5.37 Å². The average Bonchev–Trinajstić information content (AvgIpc) is 3.08. The second kappa shape index (κ2) is 7.62. The van der Waals surface area contributed by atoms with E-state index in [0.29, 0.717) is 6.61 Å². The summed E-state index contributed by atoms with van der Waals surface area (Å²) in [7, 11) is 1.65. The zero-order chi connectivity index (χ0) is 16.9. The minimum Gasteiger partial charge on any atom is -0.497 e. The van der Waals surface area contributed by atoms with Gasteiger partial charge in [-0.05, 0) is 36.8 Å². The predicted octanol–water partition coefficient (Wildman–Crippen LogP) is 3.88. The van der Waals surface area contributed by atoms with Crippen LogP contribution in [0, 0.1) is 0 Å². The van der Waals surface area contributed by atoms with Crippen molar-refractivity contribution < 1.29 is 14.3 Å². The Morgan fingerprint density at radius 1 is 1.17 bits per heavy atom. The van der Waals surface area contributed by atoms with Crippen LogP contribution in [-0.2, 0) is 9.53 Å². The molecular formula is C19H21NO3S. The van der Waals surface area contributed by atoms with E-state index in [0.717, 1.165) is 17.2 Å². The molecule has 0 bridgehead atoms. The van der Waals surface area contributed by atoms with Gasteiger partial charge in [0, 0.05) is 11.4 Å². The number of methoxy groups -OCH3 is 1. The van der Waals surface area contributed by atoms with Crippen LogP contribution in [-0.4, -0.2) is 30.8 Å². The first-order valence-corrected chi connectivity index (χ1v) is 9.05. The molecule has 24 heavy (non-hydrogen) atoms. The third-order valence-electron chi connectivity index (χ3n) is 4.04. The highest BCUT2D eigenvalue weighted by Crippen LogP contribution is 2.42. The van der Waals surface area contributed by atoms with Gasteiger partial charge in [0.05, 0.1) is 19.8 Å². The molecule has 4 nitrogen and oxygen atoms in total. The molecule has 5 heteroatoms. The number of hydrogen-bond donors (Lipinski definition) is 0. The summed E-state index contributed by atoms with van der Waals surface area (Å²) in [5.41, 5.74) is 2.19. The van der Waals surface area contributed by atoms with E-state index < -0.39 is 0 Å². The number of hydrogen-bond acceptors (Lipinski definition) is 5. The van der Waals surface area contributed by atoms with Gasteiger partial charge in [0.2, 0.25) is 0 Å². The maximum atomic E-state index is 12.4. The minimum atomic E-state index is -0.330. The first kappa shape index (κ1) is 16.7. The molecule has 0 saturated carbocycles. The normalized spacial score (nSPS) is 20.0. The van der Waals surface area contributed by atoms with Gasteiger partial charge in [-0.1, -0.05) is 30.3 Å². The number of esters is 1. The molecular weight excluding hydrogens is 322 g/mol. The van der Waals surface area contributed by atoms with E-state index in [1.54, 1.807) is 18.9 Å². The first-order valence-electron chi connectivity index (χ1n) is 8.00. The summed E-state index contributed by atoms with van der Waals surface area (Å²) in [6, 6.07) is 18.2. The standard InChI is InChI=1S/C19H21NO3S/c1-3-23-19(21)18-20(15-9-11-16(22-2)12-10-15)17(13-24-18)14-7-5-4-6-8-14/h4-12,17-18H,3,13H2,1-2H3. The molecule has 1 aliphatic rings. The molecule has 0 spiro atoms. The number of carbonyl (C=O) groups excluding carboxylic acids is 1. The summed E-state index contributed by atoms with van der Waals surface area (Å²) in [6.07, 6.45) is 0. The van der Waals surface area contributed by atoms with Crippen molar-refractivity contribution in [2.75, 3.05) is 24.4 Å². The molecule has 1 fully saturated rings. The summed E-state index contributed by atoms with van der Waals surface area (Å²) in [5.74, 6) is 1.46. The molecule has 0 aliphatic carbocycles. The molecule has 0 aromatic heterocycles. The van der Waals surface area contributed by atoms with Gasteiger partial charge in [-0.3, -0.25) is 0 Å². The highest BCUT2D eigenvalue weighted by atomic mass is 32.2. The van der Waals surface area contributed by atoms with Gasteiger partial charge in [0.25, 0.3) is 0 Å². The molecule has 1 aliphatic heterocycles. The monoisotopic (exact) mass is 343 g/mol. The third-order valence-corrected chi connectivity index (χ3v) is 5.29. The van der Waals surface area contributed by atoms with Gasteiger partial charge < -0.3 is 14.4 Å². The SMILES string of the molecule is CCOC(=O)C1SCC(c2ccccc2)N1c1ccc(OC)cc1. The molecule has 2 aromatic rings. The van der Waals surface area contributed by atoms with Crippen molar-refractivity contribution >= 4 is 23.4 Å². The molecule has 2 atom stereocenters.